The summed E-state index contributed by atoms with van der Waals surface area (Å²) in [6, 6.07) is 14.6. The van der Waals surface area contributed by atoms with Crippen LogP contribution < -0.4 is 5.73 Å². The molecule has 2 aromatic rings. The Morgan fingerprint density at radius 1 is 0.765 bits per heavy atom. The average Bonchev–Trinajstić information content (AvgIpc) is 2.39. The fraction of sp³-hybridized carbons (Fsp3) is 0. The van der Waals surface area contributed by atoms with Crippen molar-refractivity contribution in [1.29, 1.82) is 0 Å². The van der Waals surface area contributed by atoms with Crippen molar-refractivity contribution >= 4 is 17.3 Å². The zero-order valence-electron chi connectivity index (χ0n) is 9.01. The summed E-state index contributed by atoms with van der Waals surface area (Å²) in [5.41, 5.74) is 8.14. The van der Waals surface area contributed by atoms with Gasteiger partial charge in [-0.15, -0.1) is 0 Å². The molecule has 0 bridgehead atoms. The Morgan fingerprint density at radius 3 is 2.00 bits per heavy atom. The highest BCUT2D eigenvalue weighted by molar-refractivity contribution is 6.50. The minimum atomic E-state index is -0.637. The molecule has 0 heterocycles. The lowest BCUT2D eigenvalue weighted by atomic mass is 10.0. The van der Waals surface area contributed by atoms with Crippen LogP contribution in [0.15, 0.2) is 54.6 Å². The predicted octanol–water partition coefficient (Wildman–Crippen LogP) is 2.67. The molecule has 1 N–H and O–H groups in total. The van der Waals surface area contributed by atoms with Crippen LogP contribution in [0, 0.1) is 0 Å². The SMILES string of the molecule is [NH]c1ccccc1C(=O)C(=O)c1ccccc1. The number of Topliss-reactive ketones (excluding diaryl/α,β-unsaturated/α-hetero) is 2. The van der Waals surface area contributed by atoms with Gasteiger partial charge in [0.25, 0.3) is 0 Å². The quantitative estimate of drug-likeness (QED) is 0.594. The highest BCUT2D eigenvalue weighted by atomic mass is 16.2. The third kappa shape index (κ3) is 2.23. The summed E-state index contributed by atoms with van der Waals surface area (Å²) in [4.78, 5) is 23.8. The molecule has 0 spiro atoms. The molecular formula is C14H10NO2. The number of benzene rings is 2. The standard InChI is InChI=1S/C14H10NO2/c15-12-9-5-4-8-11(12)14(17)13(16)10-6-2-1-3-7-10/h1-9,15H. The number of ketones is 2. The zero-order valence-corrected chi connectivity index (χ0v) is 9.01. The van der Waals surface area contributed by atoms with Gasteiger partial charge in [0.1, 0.15) is 0 Å². The van der Waals surface area contributed by atoms with Crippen LogP contribution in [0.3, 0.4) is 0 Å². The molecule has 0 unspecified atom stereocenters. The van der Waals surface area contributed by atoms with Crippen LogP contribution in [-0.4, -0.2) is 11.6 Å². The molecule has 0 fully saturated rings. The Hall–Kier alpha value is -2.42. The van der Waals surface area contributed by atoms with Crippen molar-refractivity contribution < 1.29 is 9.59 Å². The topological polar surface area (TPSA) is 57.9 Å². The summed E-state index contributed by atoms with van der Waals surface area (Å²) >= 11 is 0. The van der Waals surface area contributed by atoms with Gasteiger partial charge in [-0.1, -0.05) is 42.5 Å². The third-order valence-corrected chi connectivity index (χ3v) is 2.41. The van der Waals surface area contributed by atoms with Gasteiger partial charge in [-0.05, 0) is 12.1 Å². The van der Waals surface area contributed by atoms with Gasteiger partial charge in [0, 0.05) is 5.56 Å². The van der Waals surface area contributed by atoms with Crippen LogP contribution in [0.5, 0.6) is 0 Å². The van der Waals surface area contributed by atoms with Crippen molar-refractivity contribution in [3.63, 3.8) is 0 Å². The number of carbonyl (C=O) groups excluding carboxylic acids is 2. The van der Waals surface area contributed by atoms with Crippen molar-refractivity contribution in [2.75, 3.05) is 0 Å². The summed E-state index contributed by atoms with van der Waals surface area (Å²) in [7, 11) is 0. The zero-order chi connectivity index (χ0) is 12.3. The molecule has 0 saturated carbocycles. The van der Waals surface area contributed by atoms with Gasteiger partial charge in [0.2, 0.25) is 11.6 Å². The van der Waals surface area contributed by atoms with E-state index in [1.807, 2.05) is 0 Å². The number of hydrogen-bond donors (Lipinski definition) is 0. The first-order valence-electron chi connectivity index (χ1n) is 5.15. The summed E-state index contributed by atoms with van der Waals surface area (Å²) in [6.07, 6.45) is 0. The van der Waals surface area contributed by atoms with E-state index in [2.05, 4.69) is 0 Å². The van der Waals surface area contributed by atoms with Crippen LogP contribution in [-0.2, 0) is 0 Å². The van der Waals surface area contributed by atoms with Crippen molar-refractivity contribution in [3.05, 3.63) is 65.7 Å². The van der Waals surface area contributed by atoms with Gasteiger partial charge in [-0.2, -0.15) is 0 Å². The second-order valence-corrected chi connectivity index (χ2v) is 3.57. The molecule has 0 aliphatic carbocycles. The predicted molar refractivity (Wildman–Crippen MR) is 64.3 cm³/mol. The maximum absolute atomic E-state index is 11.9. The van der Waals surface area contributed by atoms with Gasteiger partial charge in [-0.25, -0.2) is 0 Å². The van der Waals surface area contributed by atoms with E-state index >= 15 is 0 Å². The molecule has 83 valence electrons. The van der Waals surface area contributed by atoms with Crippen LogP contribution in [0.2, 0.25) is 0 Å². The summed E-state index contributed by atoms with van der Waals surface area (Å²) in [6.45, 7) is 0. The van der Waals surface area contributed by atoms with Gasteiger partial charge in [0.15, 0.2) is 0 Å². The fourth-order valence-electron chi connectivity index (χ4n) is 1.52. The lowest BCUT2D eigenvalue weighted by Gasteiger charge is -2.02. The number of hydrogen-bond acceptors (Lipinski definition) is 2. The second kappa shape index (κ2) is 4.61. The van der Waals surface area contributed by atoms with Gasteiger partial charge in [-0.3, -0.25) is 9.59 Å². The van der Waals surface area contributed by atoms with E-state index in [1.54, 1.807) is 42.5 Å². The smallest absolute Gasteiger partial charge is 0.235 e. The molecular weight excluding hydrogens is 214 g/mol. The molecule has 0 aliphatic heterocycles. The third-order valence-electron chi connectivity index (χ3n) is 2.41. The molecule has 3 heteroatoms. The second-order valence-electron chi connectivity index (χ2n) is 3.57. The molecule has 2 aromatic carbocycles. The van der Waals surface area contributed by atoms with Crippen LogP contribution in [0.25, 0.3) is 0 Å². The number of carbonyl (C=O) groups is 2. The van der Waals surface area contributed by atoms with E-state index in [4.69, 9.17) is 5.73 Å². The monoisotopic (exact) mass is 224 g/mol. The lowest BCUT2D eigenvalue weighted by Crippen LogP contribution is -2.14. The Balaban J connectivity index is 2.34. The first-order chi connectivity index (χ1) is 8.20. The number of nitrogens with one attached hydrogen (secondary N) is 1. The maximum atomic E-state index is 11.9. The Kier molecular flexibility index (Phi) is 3.01. The molecule has 2 rings (SSSR count). The molecule has 0 aromatic heterocycles. The molecule has 3 nitrogen and oxygen atoms in total. The maximum Gasteiger partial charge on any atom is 0.235 e. The average molecular weight is 224 g/mol. The molecule has 0 amide bonds. The summed E-state index contributed by atoms with van der Waals surface area (Å²) in [5, 5.41) is 0. The Bertz CT molecular complexity index is 561. The van der Waals surface area contributed by atoms with E-state index in [0.29, 0.717) is 5.56 Å². The van der Waals surface area contributed by atoms with Gasteiger partial charge < -0.3 is 5.73 Å². The van der Waals surface area contributed by atoms with Crippen LogP contribution >= 0.6 is 0 Å². The van der Waals surface area contributed by atoms with E-state index in [1.165, 1.54) is 12.1 Å². The van der Waals surface area contributed by atoms with Crippen molar-refractivity contribution in [2.24, 2.45) is 0 Å². The van der Waals surface area contributed by atoms with Crippen molar-refractivity contribution in [3.8, 4) is 0 Å². The van der Waals surface area contributed by atoms with E-state index in [9.17, 15) is 9.59 Å². The van der Waals surface area contributed by atoms with Gasteiger partial charge in [0.05, 0.1) is 11.3 Å². The van der Waals surface area contributed by atoms with E-state index in [-0.39, 0.29) is 11.3 Å². The minimum Gasteiger partial charge on any atom is -0.300 e. The molecule has 17 heavy (non-hydrogen) atoms. The fourth-order valence-corrected chi connectivity index (χ4v) is 1.52. The lowest BCUT2D eigenvalue weighted by molar-refractivity contribution is 0.0817. The summed E-state index contributed by atoms with van der Waals surface area (Å²) in [5.74, 6) is -1.22. The summed E-state index contributed by atoms with van der Waals surface area (Å²) < 4.78 is 0. The van der Waals surface area contributed by atoms with E-state index in [0.717, 1.165) is 0 Å². The van der Waals surface area contributed by atoms with Gasteiger partial charge >= 0.3 is 0 Å². The molecule has 0 saturated heterocycles. The minimum absolute atomic E-state index is 0.0711. The molecule has 0 atom stereocenters. The van der Waals surface area contributed by atoms with Crippen molar-refractivity contribution in [1.82, 2.24) is 5.73 Å². The molecule has 0 aliphatic rings. The Morgan fingerprint density at radius 2 is 1.35 bits per heavy atom. The highest BCUT2D eigenvalue weighted by Crippen LogP contribution is 2.15. The number of rotatable bonds is 3. The first-order valence-corrected chi connectivity index (χ1v) is 5.15. The highest BCUT2D eigenvalue weighted by Gasteiger charge is 2.19. The largest absolute Gasteiger partial charge is 0.300 e. The van der Waals surface area contributed by atoms with Crippen LogP contribution in [0.4, 0.5) is 5.69 Å². The first kappa shape index (κ1) is 11.1. The van der Waals surface area contributed by atoms with E-state index < -0.39 is 11.6 Å². The normalized spacial score (nSPS) is 9.88. The Labute approximate surface area is 98.9 Å². The van der Waals surface area contributed by atoms with Crippen LogP contribution in [0.1, 0.15) is 20.7 Å². The molecule has 1 radical (unpaired) electrons. The van der Waals surface area contributed by atoms with Crippen molar-refractivity contribution in [2.45, 2.75) is 0 Å².